The second-order valence-electron chi connectivity index (χ2n) is 7.51. The van der Waals surface area contributed by atoms with Crippen LogP contribution in [0.2, 0.25) is 0 Å². The average Bonchev–Trinajstić information content (AvgIpc) is 3.10. The topological polar surface area (TPSA) is 105 Å². The summed E-state index contributed by atoms with van der Waals surface area (Å²) in [6.45, 7) is -0.486. The number of hydrogen-bond acceptors (Lipinski definition) is 5. The number of halogens is 1. The molecule has 4 amide bonds. The van der Waals surface area contributed by atoms with Gasteiger partial charge in [-0.25, -0.2) is 4.39 Å². The van der Waals surface area contributed by atoms with E-state index in [1.165, 1.54) is 30.3 Å². The molecule has 4 rings (SSSR count). The molecule has 0 radical (unpaired) electrons. The number of rotatable bonds is 7. The minimum Gasteiger partial charge on any atom is -0.484 e. The lowest BCUT2D eigenvalue weighted by Gasteiger charge is -2.25. The number of fused-ring (bicyclic) bond motifs is 1. The van der Waals surface area contributed by atoms with Gasteiger partial charge in [-0.1, -0.05) is 48.5 Å². The Labute approximate surface area is 194 Å². The fourth-order valence-electron chi connectivity index (χ4n) is 3.59. The standard InChI is InChI=1S/C25H20FN3O5/c26-17-9-6-10-18(14-17)34-15-22(30)27-28-23(31)21(13-16-7-2-1-3-8-16)29-24(32)19-11-4-5-12-20(19)25(29)33/h1-12,14,21H,13,15H2,(H,27,30)(H,28,31). The third-order valence-electron chi connectivity index (χ3n) is 5.20. The molecule has 3 aromatic carbocycles. The number of amides is 4. The fraction of sp³-hybridized carbons (Fsp3) is 0.120. The van der Waals surface area contributed by atoms with Crippen molar-refractivity contribution in [2.75, 3.05) is 6.61 Å². The number of benzene rings is 3. The van der Waals surface area contributed by atoms with Gasteiger partial charge in [-0.15, -0.1) is 0 Å². The van der Waals surface area contributed by atoms with Crippen LogP contribution in [0.1, 0.15) is 26.3 Å². The number of hydrogen-bond donors (Lipinski definition) is 2. The molecule has 9 heteroatoms. The minimum atomic E-state index is -1.21. The zero-order valence-corrected chi connectivity index (χ0v) is 17.9. The van der Waals surface area contributed by atoms with Crippen molar-refractivity contribution >= 4 is 23.6 Å². The zero-order valence-electron chi connectivity index (χ0n) is 17.9. The van der Waals surface area contributed by atoms with Crippen LogP contribution in [0, 0.1) is 5.82 Å². The number of nitrogens with zero attached hydrogens (tertiary/aromatic N) is 1. The first kappa shape index (κ1) is 22.7. The SMILES string of the molecule is O=C(COc1cccc(F)c1)NNC(=O)C(Cc1ccccc1)N1C(=O)c2ccccc2C1=O. The maximum Gasteiger partial charge on any atom is 0.276 e. The molecule has 0 saturated heterocycles. The van der Waals surface area contributed by atoms with Gasteiger partial charge in [0.1, 0.15) is 17.6 Å². The maximum absolute atomic E-state index is 13.2. The predicted molar refractivity (Wildman–Crippen MR) is 119 cm³/mol. The lowest BCUT2D eigenvalue weighted by molar-refractivity contribution is -0.132. The van der Waals surface area contributed by atoms with Crippen molar-refractivity contribution in [3.05, 3.63) is 101 Å². The maximum atomic E-state index is 13.2. The molecular formula is C25H20FN3O5. The Kier molecular flexibility index (Phi) is 6.63. The van der Waals surface area contributed by atoms with Gasteiger partial charge in [-0.3, -0.25) is 34.9 Å². The Balaban J connectivity index is 1.46. The molecule has 1 heterocycles. The molecule has 1 atom stereocenters. The Bertz CT molecular complexity index is 1210. The van der Waals surface area contributed by atoms with E-state index >= 15 is 0 Å². The monoisotopic (exact) mass is 461 g/mol. The highest BCUT2D eigenvalue weighted by atomic mass is 19.1. The van der Waals surface area contributed by atoms with Gasteiger partial charge in [0.15, 0.2) is 6.61 Å². The molecule has 2 N–H and O–H groups in total. The number of imide groups is 1. The largest absolute Gasteiger partial charge is 0.484 e. The third-order valence-corrected chi connectivity index (χ3v) is 5.20. The average molecular weight is 461 g/mol. The Morgan fingerprint density at radius 2 is 1.50 bits per heavy atom. The summed E-state index contributed by atoms with van der Waals surface area (Å²) in [4.78, 5) is 52.0. The van der Waals surface area contributed by atoms with E-state index < -0.39 is 42.1 Å². The van der Waals surface area contributed by atoms with Crippen molar-refractivity contribution in [1.29, 1.82) is 0 Å². The number of carbonyl (C=O) groups is 4. The van der Waals surface area contributed by atoms with E-state index in [1.807, 2.05) is 0 Å². The van der Waals surface area contributed by atoms with Crippen molar-refractivity contribution in [2.45, 2.75) is 12.5 Å². The molecule has 0 aliphatic carbocycles. The lowest BCUT2D eigenvalue weighted by atomic mass is 10.0. The molecule has 0 aromatic heterocycles. The van der Waals surface area contributed by atoms with Crippen LogP contribution in [0.4, 0.5) is 4.39 Å². The zero-order chi connectivity index (χ0) is 24.1. The highest BCUT2D eigenvalue weighted by molar-refractivity contribution is 6.22. The first-order valence-corrected chi connectivity index (χ1v) is 10.4. The smallest absolute Gasteiger partial charge is 0.276 e. The summed E-state index contributed by atoms with van der Waals surface area (Å²) < 4.78 is 18.4. The predicted octanol–water partition coefficient (Wildman–Crippen LogP) is 2.26. The Hall–Kier alpha value is -4.53. The summed E-state index contributed by atoms with van der Waals surface area (Å²) in [5, 5.41) is 0. The first-order chi connectivity index (χ1) is 16.4. The van der Waals surface area contributed by atoms with Crippen LogP contribution in [0.3, 0.4) is 0 Å². The minimum absolute atomic E-state index is 0.0494. The van der Waals surface area contributed by atoms with Crippen LogP contribution in [-0.4, -0.2) is 41.2 Å². The molecule has 0 saturated carbocycles. The molecule has 172 valence electrons. The molecule has 0 spiro atoms. The summed E-state index contributed by atoms with van der Waals surface area (Å²) >= 11 is 0. The van der Waals surface area contributed by atoms with Crippen molar-refractivity contribution in [3.63, 3.8) is 0 Å². The molecule has 8 nitrogen and oxygen atoms in total. The molecule has 1 aliphatic rings. The van der Waals surface area contributed by atoms with Gasteiger partial charge < -0.3 is 4.74 Å². The number of hydrazine groups is 1. The van der Waals surface area contributed by atoms with Gasteiger partial charge in [0.25, 0.3) is 23.6 Å². The normalized spacial score (nSPS) is 13.3. The molecular weight excluding hydrogens is 441 g/mol. The van der Waals surface area contributed by atoms with Gasteiger partial charge >= 0.3 is 0 Å². The van der Waals surface area contributed by atoms with Crippen LogP contribution in [0.15, 0.2) is 78.9 Å². The van der Waals surface area contributed by atoms with Crippen LogP contribution >= 0.6 is 0 Å². The molecule has 3 aromatic rings. The van der Waals surface area contributed by atoms with Gasteiger partial charge in [0.05, 0.1) is 11.1 Å². The summed E-state index contributed by atoms with van der Waals surface area (Å²) in [6.07, 6.45) is 0.0494. The third kappa shape index (κ3) is 4.93. The molecule has 1 aliphatic heterocycles. The van der Waals surface area contributed by atoms with E-state index in [9.17, 15) is 23.6 Å². The second-order valence-corrected chi connectivity index (χ2v) is 7.51. The van der Waals surface area contributed by atoms with E-state index in [1.54, 1.807) is 42.5 Å². The van der Waals surface area contributed by atoms with Crippen LogP contribution < -0.4 is 15.6 Å². The van der Waals surface area contributed by atoms with Gasteiger partial charge in [0.2, 0.25) is 0 Å². The number of carbonyl (C=O) groups excluding carboxylic acids is 4. The van der Waals surface area contributed by atoms with Gasteiger partial charge in [0, 0.05) is 12.5 Å². The molecule has 1 unspecified atom stereocenters. The number of nitrogens with one attached hydrogen (secondary N) is 2. The van der Waals surface area contributed by atoms with Crippen molar-refractivity contribution < 1.29 is 28.3 Å². The molecule has 0 fully saturated rings. The van der Waals surface area contributed by atoms with Crippen molar-refractivity contribution in [2.24, 2.45) is 0 Å². The lowest BCUT2D eigenvalue weighted by Crippen LogP contribution is -2.55. The quantitative estimate of drug-likeness (QED) is 0.415. The Morgan fingerprint density at radius 3 is 2.15 bits per heavy atom. The van der Waals surface area contributed by atoms with E-state index in [0.717, 1.165) is 16.5 Å². The Morgan fingerprint density at radius 1 is 0.853 bits per heavy atom. The summed E-state index contributed by atoms with van der Waals surface area (Å²) in [6, 6.07) is 19.3. The van der Waals surface area contributed by atoms with E-state index in [4.69, 9.17) is 4.74 Å². The molecule has 0 bridgehead atoms. The van der Waals surface area contributed by atoms with Crippen LogP contribution in [0.25, 0.3) is 0 Å². The number of ether oxygens (including phenoxy) is 1. The summed E-state index contributed by atoms with van der Waals surface area (Å²) in [7, 11) is 0. The van der Waals surface area contributed by atoms with E-state index in [-0.39, 0.29) is 23.3 Å². The first-order valence-electron chi connectivity index (χ1n) is 10.4. The van der Waals surface area contributed by atoms with Crippen molar-refractivity contribution in [3.8, 4) is 5.75 Å². The van der Waals surface area contributed by atoms with E-state index in [0.29, 0.717) is 0 Å². The van der Waals surface area contributed by atoms with Crippen LogP contribution in [0.5, 0.6) is 5.75 Å². The highest BCUT2D eigenvalue weighted by Gasteiger charge is 2.42. The highest BCUT2D eigenvalue weighted by Crippen LogP contribution is 2.26. The van der Waals surface area contributed by atoms with Gasteiger partial charge in [-0.2, -0.15) is 0 Å². The summed E-state index contributed by atoms with van der Waals surface area (Å²) in [5.41, 5.74) is 5.61. The van der Waals surface area contributed by atoms with Crippen molar-refractivity contribution in [1.82, 2.24) is 15.8 Å². The summed E-state index contributed by atoms with van der Waals surface area (Å²) in [5.74, 6) is -3.00. The second kappa shape index (κ2) is 9.95. The van der Waals surface area contributed by atoms with Gasteiger partial charge in [-0.05, 0) is 29.8 Å². The van der Waals surface area contributed by atoms with E-state index in [2.05, 4.69) is 10.9 Å². The fourth-order valence-corrected chi connectivity index (χ4v) is 3.59. The van der Waals surface area contributed by atoms with Crippen LogP contribution in [-0.2, 0) is 16.0 Å². The molecule has 34 heavy (non-hydrogen) atoms.